The van der Waals surface area contributed by atoms with Crippen molar-refractivity contribution in [1.29, 1.82) is 0 Å². The van der Waals surface area contributed by atoms with Gasteiger partial charge in [0.1, 0.15) is 0 Å². The monoisotopic (exact) mass is 409 g/mol. The van der Waals surface area contributed by atoms with Gasteiger partial charge in [0, 0.05) is 16.6 Å². The van der Waals surface area contributed by atoms with Crippen LogP contribution in [-0.4, -0.2) is 29.7 Å². The minimum atomic E-state index is -0.930. The maximum absolute atomic E-state index is 11.8. The van der Waals surface area contributed by atoms with Crippen LogP contribution >= 0.6 is 23.2 Å². The molecule has 0 aromatic heterocycles. The van der Waals surface area contributed by atoms with Crippen molar-refractivity contribution in [1.82, 2.24) is 10.7 Å². The van der Waals surface area contributed by atoms with Gasteiger partial charge in [-0.25, -0.2) is 5.43 Å². The van der Waals surface area contributed by atoms with E-state index >= 15 is 0 Å². The van der Waals surface area contributed by atoms with E-state index in [1.54, 1.807) is 37.3 Å². The quantitative estimate of drug-likeness (QED) is 0.387. The topological polar surface area (TPSA) is 100 Å². The molecule has 9 heteroatoms. The third-order valence-corrected chi connectivity index (χ3v) is 3.91. The summed E-state index contributed by atoms with van der Waals surface area (Å²) in [7, 11) is 0. The van der Waals surface area contributed by atoms with Crippen LogP contribution in [0.2, 0.25) is 10.0 Å². The van der Waals surface area contributed by atoms with Gasteiger partial charge in [-0.3, -0.25) is 9.59 Å². The molecular formula is C18H17Cl2N3O4. The summed E-state index contributed by atoms with van der Waals surface area (Å²) in [5.74, 6) is -1.50. The molecule has 0 radical (unpaired) electrons. The number of phenolic OH excluding ortho intramolecular Hbond substituents is 1. The number of hydrogen-bond donors (Lipinski definition) is 3. The molecule has 2 aromatic carbocycles. The molecule has 0 saturated heterocycles. The normalized spacial score (nSPS) is 10.6. The molecule has 3 N–H and O–H groups in total. The van der Waals surface area contributed by atoms with Crippen molar-refractivity contribution in [2.75, 3.05) is 6.61 Å². The first kappa shape index (κ1) is 20.5. The molecule has 0 atom stereocenters. The molecule has 2 amide bonds. The van der Waals surface area contributed by atoms with Crippen LogP contribution in [0.3, 0.4) is 0 Å². The minimum Gasteiger partial charge on any atom is -0.504 e. The molecule has 2 rings (SSSR count). The number of rotatable bonds is 6. The fourth-order valence-electron chi connectivity index (χ4n) is 2.02. The average molecular weight is 410 g/mol. The number of aromatic hydroxyl groups is 1. The van der Waals surface area contributed by atoms with Crippen molar-refractivity contribution in [3.63, 3.8) is 0 Å². The van der Waals surface area contributed by atoms with Gasteiger partial charge < -0.3 is 15.2 Å². The van der Waals surface area contributed by atoms with E-state index in [-0.39, 0.29) is 12.3 Å². The van der Waals surface area contributed by atoms with Crippen molar-refractivity contribution >= 4 is 41.2 Å². The van der Waals surface area contributed by atoms with E-state index in [2.05, 4.69) is 15.8 Å². The second-order valence-corrected chi connectivity index (χ2v) is 6.12. The van der Waals surface area contributed by atoms with E-state index in [4.69, 9.17) is 27.9 Å². The molecule has 0 unspecified atom stereocenters. The molecule has 7 nitrogen and oxygen atoms in total. The fourth-order valence-corrected chi connectivity index (χ4v) is 2.49. The number of carbonyl (C=O) groups is 2. The van der Waals surface area contributed by atoms with Gasteiger partial charge in [-0.15, -0.1) is 0 Å². The highest BCUT2D eigenvalue weighted by molar-refractivity contribution is 6.36. The van der Waals surface area contributed by atoms with Crippen molar-refractivity contribution in [3.05, 3.63) is 57.6 Å². The number of ether oxygens (including phenoxy) is 1. The van der Waals surface area contributed by atoms with Crippen molar-refractivity contribution < 1.29 is 19.4 Å². The summed E-state index contributed by atoms with van der Waals surface area (Å²) in [5.41, 5.74) is 3.32. The number of carbonyl (C=O) groups excluding carboxylic acids is 2. The van der Waals surface area contributed by atoms with Crippen molar-refractivity contribution in [2.45, 2.75) is 13.5 Å². The van der Waals surface area contributed by atoms with Crippen LogP contribution in [0.15, 0.2) is 41.5 Å². The SMILES string of the molecule is CCOc1cc(/C=N/NC(=O)C(=O)NCc2ccc(Cl)cc2Cl)ccc1O. The molecule has 0 aliphatic rings. The van der Waals surface area contributed by atoms with Gasteiger partial charge in [-0.2, -0.15) is 5.10 Å². The Morgan fingerprint density at radius 3 is 2.67 bits per heavy atom. The van der Waals surface area contributed by atoms with Crippen LogP contribution in [0.4, 0.5) is 0 Å². The second-order valence-electron chi connectivity index (χ2n) is 5.28. The predicted molar refractivity (Wildman–Crippen MR) is 103 cm³/mol. The third kappa shape index (κ3) is 6.16. The Morgan fingerprint density at radius 1 is 1.19 bits per heavy atom. The number of benzene rings is 2. The molecule has 27 heavy (non-hydrogen) atoms. The lowest BCUT2D eigenvalue weighted by molar-refractivity contribution is -0.139. The van der Waals surface area contributed by atoms with Crippen molar-refractivity contribution in [3.8, 4) is 11.5 Å². The lowest BCUT2D eigenvalue weighted by atomic mass is 10.2. The van der Waals surface area contributed by atoms with Crippen LogP contribution in [0.5, 0.6) is 11.5 Å². The Hall–Kier alpha value is -2.77. The highest BCUT2D eigenvalue weighted by atomic mass is 35.5. The van der Waals surface area contributed by atoms with Gasteiger partial charge in [-0.05, 0) is 48.4 Å². The Balaban J connectivity index is 1.88. The van der Waals surface area contributed by atoms with E-state index < -0.39 is 11.8 Å². The molecule has 0 heterocycles. The van der Waals surface area contributed by atoms with Gasteiger partial charge in [-0.1, -0.05) is 29.3 Å². The van der Waals surface area contributed by atoms with Crippen molar-refractivity contribution in [2.24, 2.45) is 5.10 Å². The standard InChI is InChI=1S/C18H17Cl2N3O4/c1-2-27-16-7-11(3-6-15(16)24)9-22-23-18(26)17(25)21-10-12-4-5-13(19)8-14(12)20/h3-9,24H,2,10H2,1H3,(H,21,25)(H,23,26)/b22-9+. The molecule has 2 aromatic rings. The first-order valence-electron chi connectivity index (χ1n) is 7.91. The zero-order valence-electron chi connectivity index (χ0n) is 14.3. The third-order valence-electron chi connectivity index (χ3n) is 3.32. The fraction of sp³-hybridized carbons (Fsp3) is 0.167. The summed E-state index contributed by atoms with van der Waals surface area (Å²) in [5, 5.41) is 16.6. The van der Waals surface area contributed by atoms with Crippen LogP contribution in [-0.2, 0) is 16.1 Å². The number of amides is 2. The van der Waals surface area contributed by atoms with E-state index in [9.17, 15) is 14.7 Å². The molecule has 0 fully saturated rings. The van der Waals surface area contributed by atoms with E-state index in [0.29, 0.717) is 33.5 Å². The lowest BCUT2D eigenvalue weighted by Gasteiger charge is -2.07. The molecule has 0 spiro atoms. The summed E-state index contributed by atoms with van der Waals surface area (Å²) in [6.07, 6.45) is 1.32. The highest BCUT2D eigenvalue weighted by Gasteiger charge is 2.13. The number of nitrogens with zero attached hydrogens (tertiary/aromatic N) is 1. The smallest absolute Gasteiger partial charge is 0.329 e. The van der Waals surface area contributed by atoms with Crippen LogP contribution in [0, 0.1) is 0 Å². The van der Waals surface area contributed by atoms with E-state index in [1.807, 2.05) is 0 Å². The van der Waals surface area contributed by atoms with Gasteiger partial charge >= 0.3 is 11.8 Å². The second kappa shape index (κ2) is 9.80. The summed E-state index contributed by atoms with van der Waals surface area (Å²) in [4.78, 5) is 23.6. The molecular weight excluding hydrogens is 393 g/mol. The number of hydrazone groups is 1. The number of halogens is 2. The molecule has 0 bridgehead atoms. The molecule has 0 aliphatic carbocycles. The number of nitrogens with one attached hydrogen (secondary N) is 2. The van der Waals surface area contributed by atoms with E-state index in [1.165, 1.54) is 12.3 Å². The largest absolute Gasteiger partial charge is 0.504 e. The summed E-state index contributed by atoms with van der Waals surface area (Å²) >= 11 is 11.8. The molecule has 142 valence electrons. The lowest BCUT2D eigenvalue weighted by Crippen LogP contribution is -2.37. The summed E-state index contributed by atoms with van der Waals surface area (Å²) in [6, 6.07) is 9.41. The maximum atomic E-state index is 11.8. The maximum Gasteiger partial charge on any atom is 0.329 e. The van der Waals surface area contributed by atoms with Gasteiger partial charge in [0.15, 0.2) is 11.5 Å². The van der Waals surface area contributed by atoms with Crippen LogP contribution < -0.4 is 15.5 Å². The van der Waals surface area contributed by atoms with Gasteiger partial charge in [0.2, 0.25) is 0 Å². The summed E-state index contributed by atoms with van der Waals surface area (Å²) in [6.45, 7) is 2.25. The first-order valence-corrected chi connectivity index (χ1v) is 8.67. The zero-order chi connectivity index (χ0) is 19.8. The first-order chi connectivity index (χ1) is 12.9. The zero-order valence-corrected chi connectivity index (χ0v) is 15.8. The Labute approximate surface area is 165 Å². The van der Waals surface area contributed by atoms with E-state index in [0.717, 1.165) is 0 Å². The number of phenols is 1. The van der Waals surface area contributed by atoms with Crippen LogP contribution in [0.25, 0.3) is 0 Å². The number of hydrogen-bond acceptors (Lipinski definition) is 5. The molecule has 0 aliphatic heterocycles. The van der Waals surface area contributed by atoms with Crippen LogP contribution in [0.1, 0.15) is 18.1 Å². The highest BCUT2D eigenvalue weighted by Crippen LogP contribution is 2.26. The molecule has 0 saturated carbocycles. The summed E-state index contributed by atoms with van der Waals surface area (Å²) < 4.78 is 5.25. The Bertz CT molecular complexity index is 872. The van der Waals surface area contributed by atoms with Gasteiger partial charge in [0.05, 0.1) is 12.8 Å². The average Bonchev–Trinajstić information content (AvgIpc) is 2.63. The Morgan fingerprint density at radius 2 is 1.96 bits per heavy atom. The minimum absolute atomic E-state index is 0.00160. The Kier molecular flexibility index (Phi) is 7.45. The predicted octanol–water partition coefficient (Wildman–Crippen LogP) is 2.86. The van der Waals surface area contributed by atoms with Gasteiger partial charge in [0.25, 0.3) is 0 Å².